The van der Waals surface area contributed by atoms with Crippen molar-refractivity contribution in [2.24, 2.45) is 0 Å². The maximum absolute atomic E-state index is 13.6. The number of para-hydroxylation sites is 1. The van der Waals surface area contributed by atoms with Crippen LogP contribution in [0.15, 0.2) is 102 Å². The lowest BCUT2D eigenvalue weighted by Crippen LogP contribution is -2.37. The van der Waals surface area contributed by atoms with Gasteiger partial charge in [0.05, 0.1) is 11.3 Å². The van der Waals surface area contributed by atoms with Gasteiger partial charge in [0, 0.05) is 47.3 Å². The van der Waals surface area contributed by atoms with E-state index in [0.717, 1.165) is 17.3 Å². The van der Waals surface area contributed by atoms with Crippen LogP contribution in [0.3, 0.4) is 0 Å². The van der Waals surface area contributed by atoms with E-state index in [2.05, 4.69) is 15.6 Å². The Morgan fingerprint density at radius 2 is 1.68 bits per heavy atom. The number of benzene rings is 2. The van der Waals surface area contributed by atoms with Crippen LogP contribution in [0.25, 0.3) is 0 Å². The molecular formula is C29H24F3N3O2. The SMILES string of the molecule is CC1=C(C(=O)Nc2ccccc2C(F)(F)F)[C@H](c2cccnc2)C2=C(C[C@@H](c3ccccc3)CC2=O)N1. The number of hydrogen-bond acceptors (Lipinski definition) is 4. The molecule has 2 aliphatic rings. The van der Waals surface area contributed by atoms with Crippen LogP contribution in [0.5, 0.6) is 0 Å². The Morgan fingerprint density at radius 1 is 0.973 bits per heavy atom. The van der Waals surface area contributed by atoms with Crippen LogP contribution in [0.1, 0.15) is 48.3 Å². The van der Waals surface area contributed by atoms with Gasteiger partial charge in [0.25, 0.3) is 5.91 Å². The van der Waals surface area contributed by atoms with Crippen molar-refractivity contribution in [2.45, 2.75) is 37.8 Å². The van der Waals surface area contributed by atoms with Crippen LogP contribution in [-0.2, 0) is 15.8 Å². The predicted octanol–water partition coefficient (Wildman–Crippen LogP) is 6.10. The first-order valence-electron chi connectivity index (χ1n) is 11.9. The molecule has 1 aliphatic heterocycles. The second-order valence-electron chi connectivity index (χ2n) is 9.21. The third kappa shape index (κ3) is 4.79. The van der Waals surface area contributed by atoms with Crippen LogP contribution in [0.2, 0.25) is 0 Å². The zero-order valence-corrected chi connectivity index (χ0v) is 20.0. The number of Topliss-reactive ketones (excluding diaryl/α,β-unsaturated/α-hetero) is 1. The summed E-state index contributed by atoms with van der Waals surface area (Å²) in [6.45, 7) is 1.70. The summed E-state index contributed by atoms with van der Waals surface area (Å²) < 4.78 is 40.7. The van der Waals surface area contributed by atoms with E-state index in [-0.39, 0.29) is 29.4 Å². The van der Waals surface area contributed by atoms with E-state index in [0.29, 0.717) is 23.3 Å². The highest BCUT2D eigenvalue weighted by atomic mass is 19.4. The molecule has 0 spiro atoms. The lowest BCUT2D eigenvalue weighted by molar-refractivity contribution is -0.137. The molecule has 0 radical (unpaired) electrons. The Hall–Kier alpha value is -4.20. The van der Waals surface area contributed by atoms with Crippen molar-refractivity contribution < 1.29 is 22.8 Å². The number of nitrogens with one attached hydrogen (secondary N) is 2. The number of carbonyl (C=O) groups excluding carboxylic acids is 2. The molecule has 1 aliphatic carbocycles. The van der Waals surface area contributed by atoms with Crippen molar-refractivity contribution in [3.63, 3.8) is 0 Å². The first-order valence-corrected chi connectivity index (χ1v) is 11.9. The second kappa shape index (κ2) is 9.69. The maximum Gasteiger partial charge on any atom is 0.418 e. The van der Waals surface area contributed by atoms with E-state index in [1.54, 1.807) is 31.5 Å². The van der Waals surface area contributed by atoms with E-state index in [1.165, 1.54) is 18.2 Å². The van der Waals surface area contributed by atoms with Crippen molar-refractivity contribution in [1.29, 1.82) is 0 Å². The summed E-state index contributed by atoms with van der Waals surface area (Å²) in [5.41, 5.74) is 2.24. The highest BCUT2D eigenvalue weighted by Gasteiger charge is 2.41. The molecule has 2 heterocycles. The summed E-state index contributed by atoms with van der Waals surface area (Å²) in [5.74, 6) is -1.59. The average molecular weight is 504 g/mol. The van der Waals surface area contributed by atoms with Crippen molar-refractivity contribution in [3.05, 3.63) is 118 Å². The average Bonchev–Trinajstić information content (AvgIpc) is 2.88. The van der Waals surface area contributed by atoms with Gasteiger partial charge in [0.2, 0.25) is 0 Å². The number of anilines is 1. The van der Waals surface area contributed by atoms with Crippen molar-refractivity contribution in [3.8, 4) is 0 Å². The van der Waals surface area contributed by atoms with Crippen LogP contribution in [-0.4, -0.2) is 16.7 Å². The largest absolute Gasteiger partial charge is 0.418 e. The number of ketones is 1. The van der Waals surface area contributed by atoms with Gasteiger partial charge in [-0.3, -0.25) is 14.6 Å². The molecular weight excluding hydrogens is 479 g/mol. The normalized spacial score (nSPS) is 19.8. The molecule has 188 valence electrons. The standard InChI is InChI=1S/C29H24F3N3O2/c1-17-25(28(37)35-22-12-6-5-11-21(22)29(30,31)32)26(19-10-7-13-33-16-19)27-23(34-17)14-20(15-24(27)36)18-8-3-2-4-9-18/h2-13,16,20,26,34H,14-15H2,1H3,(H,35,37)/t20-,26+/m1/s1. The van der Waals surface area contributed by atoms with E-state index in [1.807, 2.05) is 30.3 Å². The minimum absolute atomic E-state index is 0.0173. The second-order valence-corrected chi connectivity index (χ2v) is 9.21. The van der Waals surface area contributed by atoms with Gasteiger partial charge < -0.3 is 10.6 Å². The topological polar surface area (TPSA) is 71.1 Å². The minimum Gasteiger partial charge on any atom is -0.362 e. The molecule has 0 saturated heterocycles. The fraction of sp³-hybridized carbons (Fsp3) is 0.207. The Kier molecular flexibility index (Phi) is 6.41. The molecule has 8 heteroatoms. The van der Waals surface area contributed by atoms with Crippen molar-refractivity contribution in [1.82, 2.24) is 10.3 Å². The van der Waals surface area contributed by atoms with E-state index >= 15 is 0 Å². The number of pyridine rings is 1. The van der Waals surface area contributed by atoms with Crippen molar-refractivity contribution >= 4 is 17.4 Å². The number of amides is 1. The van der Waals surface area contributed by atoms with Gasteiger partial charge in [-0.2, -0.15) is 13.2 Å². The van der Waals surface area contributed by atoms with Crippen LogP contribution in [0.4, 0.5) is 18.9 Å². The molecule has 1 amide bonds. The monoisotopic (exact) mass is 503 g/mol. The summed E-state index contributed by atoms with van der Waals surface area (Å²) >= 11 is 0. The highest BCUT2D eigenvalue weighted by molar-refractivity contribution is 6.10. The molecule has 0 unspecified atom stereocenters. The Balaban J connectivity index is 1.55. The van der Waals surface area contributed by atoms with Gasteiger partial charge >= 0.3 is 6.18 Å². The molecule has 2 aromatic carbocycles. The Labute approximate surface area is 212 Å². The molecule has 0 bridgehead atoms. The third-order valence-corrected chi connectivity index (χ3v) is 6.84. The summed E-state index contributed by atoms with van der Waals surface area (Å²) in [6, 6.07) is 18.1. The summed E-state index contributed by atoms with van der Waals surface area (Å²) in [4.78, 5) is 31.3. The summed E-state index contributed by atoms with van der Waals surface area (Å²) in [6.07, 6.45) is -0.620. The molecule has 5 nitrogen and oxygen atoms in total. The number of rotatable bonds is 4. The number of alkyl halides is 3. The lowest BCUT2D eigenvalue weighted by Gasteiger charge is -2.37. The van der Waals surface area contributed by atoms with Gasteiger partial charge in [-0.15, -0.1) is 0 Å². The van der Waals surface area contributed by atoms with Gasteiger partial charge in [0.1, 0.15) is 0 Å². The summed E-state index contributed by atoms with van der Waals surface area (Å²) in [5, 5.41) is 5.70. The first kappa shape index (κ1) is 24.5. The quantitative estimate of drug-likeness (QED) is 0.451. The van der Waals surface area contributed by atoms with E-state index < -0.39 is 23.6 Å². The number of aromatic nitrogens is 1. The zero-order chi connectivity index (χ0) is 26.2. The van der Waals surface area contributed by atoms with Gasteiger partial charge in [-0.25, -0.2) is 0 Å². The fourth-order valence-corrected chi connectivity index (χ4v) is 5.21. The molecule has 3 aromatic rings. The van der Waals surface area contributed by atoms with Crippen LogP contribution >= 0.6 is 0 Å². The number of carbonyl (C=O) groups is 2. The van der Waals surface area contributed by atoms with Gasteiger partial charge in [-0.05, 0) is 48.6 Å². The smallest absolute Gasteiger partial charge is 0.362 e. The Bertz CT molecular complexity index is 1410. The predicted molar refractivity (Wildman–Crippen MR) is 133 cm³/mol. The zero-order valence-electron chi connectivity index (χ0n) is 20.0. The molecule has 2 N–H and O–H groups in total. The number of halogens is 3. The maximum atomic E-state index is 13.6. The minimum atomic E-state index is -4.64. The molecule has 1 aromatic heterocycles. The number of dihydropyridines is 1. The highest BCUT2D eigenvalue weighted by Crippen LogP contribution is 2.45. The summed E-state index contributed by atoms with van der Waals surface area (Å²) in [7, 11) is 0. The number of nitrogens with zero attached hydrogens (tertiary/aromatic N) is 1. The van der Waals surface area contributed by atoms with Crippen LogP contribution in [0, 0.1) is 0 Å². The van der Waals surface area contributed by atoms with Crippen LogP contribution < -0.4 is 10.6 Å². The molecule has 5 rings (SSSR count). The third-order valence-electron chi connectivity index (χ3n) is 6.84. The first-order chi connectivity index (χ1) is 17.7. The van der Waals surface area contributed by atoms with Gasteiger partial charge in [-0.1, -0.05) is 48.5 Å². The number of hydrogen-bond donors (Lipinski definition) is 2. The van der Waals surface area contributed by atoms with E-state index in [9.17, 15) is 22.8 Å². The number of allylic oxidation sites excluding steroid dienone is 3. The molecule has 2 atom stereocenters. The Morgan fingerprint density at radius 3 is 2.38 bits per heavy atom. The van der Waals surface area contributed by atoms with Crippen molar-refractivity contribution in [2.75, 3.05) is 5.32 Å². The van der Waals surface area contributed by atoms with Gasteiger partial charge in [0.15, 0.2) is 5.78 Å². The fourth-order valence-electron chi connectivity index (χ4n) is 5.21. The lowest BCUT2D eigenvalue weighted by atomic mass is 9.72. The molecule has 37 heavy (non-hydrogen) atoms. The molecule has 0 saturated carbocycles. The molecule has 0 fully saturated rings. The van der Waals surface area contributed by atoms with E-state index in [4.69, 9.17) is 0 Å².